The zero-order chi connectivity index (χ0) is 22.2. The molecular weight excluding hydrogens is 408 g/mol. The fourth-order valence-corrected chi connectivity index (χ4v) is 5.54. The van der Waals surface area contributed by atoms with E-state index in [1.54, 1.807) is 19.1 Å². The Morgan fingerprint density at radius 3 is 2.47 bits per heavy atom. The molecule has 7 nitrogen and oxygen atoms in total. The molecule has 1 heterocycles. The van der Waals surface area contributed by atoms with Crippen LogP contribution in [0.2, 0.25) is 0 Å². The number of carbonyl (C=O) groups is 1. The third-order valence-corrected chi connectivity index (χ3v) is 6.94. The Bertz CT molecular complexity index is 1090. The minimum atomic E-state index is -4.14. The summed E-state index contributed by atoms with van der Waals surface area (Å²) in [5.41, 5.74) is 1.25. The van der Waals surface area contributed by atoms with E-state index in [9.17, 15) is 18.3 Å². The van der Waals surface area contributed by atoms with E-state index in [1.807, 2.05) is 13.8 Å². The number of carbonyl (C=O) groups excluding carboxylic acids is 1. The second kappa shape index (κ2) is 8.28. The highest BCUT2D eigenvalue weighted by atomic mass is 32.2. The van der Waals surface area contributed by atoms with Crippen LogP contribution in [0.5, 0.6) is 11.5 Å². The summed E-state index contributed by atoms with van der Waals surface area (Å²) in [5, 5.41) is 10.6. The van der Waals surface area contributed by atoms with E-state index < -0.39 is 21.9 Å². The Morgan fingerprint density at radius 1 is 1.17 bits per heavy atom. The van der Waals surface area contributed by atoms with Gasteiger partial charge >= 0.3 is 5.97 Å². The lowest BCUT2D eigenvalue weighted by atomic mass is 9.97. The van der Waals surface area contributed by atoms with Crippen LogP contribution in [0.15, 0.2) is 34.1 Å². The van der Waals surface area contributed by atoms with Gasteiger partial charge in [-0.1, -0.05) is 26.0 Å². The average Bonchev–Trinajstić information content (AvgIpc) is 2.68. The summed E-state index contributed by atoms with van der Waals surface area (Å²) in [6.45, 7) is 5.47. The summed E-state index contributed by atoms with van der Waals surface area (Å²) in [6.07, 6.45) is -0.497. The van der Waals surface area contributed by atoms with E-state index in [2.05, 4.69) is 0 Å². The first kappa shape index (κ1) is 22.1. The van der Waals surface area contributed by atoms with Crippen LogP contribution < -0.4 is 9.47 Å². The van der Waals surface area contributed by atoms with E-state index in [0.717, 1.165) is 5.56 Å². The fraction of sp³-hybridized carbons (Fsp3) is 0.409. The predicted octanol–water partition coefficient (Wildman–Crippen LogP) is 3.59. The molecule has 0 aromatic heterocycles. The molecule has 0 fully saturated rings. The van der Waals surface area contributed by atoms with Gasteiger partial charge in [0.25, 0.3) is 0 Å². The molecule has 0 aliphatic carbocycles. The summed E-state index contributed by atoms with van der Waals surface area (Å²) in [5.74, 6) is -0.461. The van der Waals surface area contributed by atoms with Gasteiger partial charge in [-0.2, -0.15) is 0 Å². The molecule has 0 radical (unpaired) electrons. The van der Waals surface area contributed by atoms with Crippen molar-refractivity contribution in [2.45, 2.75) is 49.7 Å². The van der Waals surface area contributed by atoms with Crippen LogP contribution >= 0.6 is 0 Å². The molecule has 0 saturated carbocycles. The van der Waals surface area contributed by atoms with Crippen LogP contribution in [0.25, 0.3) is 0 Å². The lowest BCUT2D eigenvalue weighted by Crippen LogP contribution is -2.21. The SMILES string of the molecule is COc1cc(C)cc2c1S(=O)(=O)c1ccc(C(O)CC(C)C)c(OC)c1C(=O)OC2. The first-order chi connectivity index (χ1) is 14.1. The number of ether oxygens (including phenoxy) is 3. The zero-order valence-electron chi connectivity index (χ0n) is 17.7. The number of aliphatic hydroxyl groups excluding tert-OH is 1. The van der Waals surface area contributed by atoms with Crippen molar-refractivity contribution in [2.24, 2.45) is 5.92 Å². The Labute approximate surface area is 176 Å². The number of rotatable bonds is 5. The molecule has 1 atom stereocenters. The minimum absolute atomic E-state index is 0.00348. The number of methoxy groups -OCH3 is 2. The maximum absolute atomic E-state index is 13.6. The van der Waals surface area contributed by atoms with Crippen molar-refractivity contribution in [1.29, 1.82) is 0 Å². The second-order valence-corrected chi connectivity index (χ2v) is 9.60. The van der Waals surface area contributed by atoms with E-state index in [0.29, 0.717) is 17.5 Å². The monoisotopic (exact) mass is 434 g/mol. The number of fused-ring (bicyclic) bond motifs is 2. The van der Waals surface area contributed by atoms with Crippen molar-refractivity contribution < 1.29 is 32.5 Å². The van der Waals surface area contributed by atoms with Gasteiger partial charge in [-0.05, 0) is 37.0 Å². The van der Waals surface area contributed by atoms with Crippen molar-refractivity contribution in [3.05, 3.63) is 46.5 Å². The summed E-state index contributed by atoms with van der Waals surface area (Å²) >= 11 is 0. The van der Waals surface area contributed by atoms with Crippen LogP contribution in [0.3, 0.4) is 0 Å². The molecule has 1 aliphatic heterocycles. The normalized spacial score (nSPS) is 16.0. The van der Waals surface area contributed by atoms with Gasteiger partial charge in [0.1, 0.15) is 28.6 Å². The number of esters is 1. The molecule has 0 bridgehead atoms. The van der Waals surface area contributed by atoms with Gasteiger partial charge in [-0.15, -0.1) is 0 Å². The molecule has 3 rings (SSSR count). The molecule has 0 saturated heterocycles. The van der Waals surface area contributed by atoms with Crippen LogP contribution in [0.1, 0.15) is 53.4 Å². The lowest BCUT2D eigenvalue weighted by Gasteiger charge is -2.24. The third kappa shape index (κ3) is 3.77. The molecule has 1 aliphatic rings. The highest BCUT2D eigenvalue weighted by Gasteiger charge is 2.37. The van der Waals surface area contributed by atoms with Gasteiger partial charge in [-0.3, -0.25) is 0 Å². The molecule has 1 N–H and O–H groups in total. The maximum atomic E-state index is 13.6. The number of aliphatic hydroxyl groups is 1. The van der Waals surface area contributed by atoms with Gasteiger partial charge in [0.05, 0.1) is 25.2 Å². The number of hydrogen-bond acceptors (Lipinski definition) is 7. The lowest BCUT2D eigenvalue weighted by molar-refractivity contribution is 0.0457. The highest BCUT2D eigenvalue weighted by molar-refractivity contribution is 7.91. The van der Waals surface area contributed by atoms with Gasteiger partial charge in [0, 0.05) is 11.1 Å². The highest BCUT2D eigenvalue weighted by Crippen LogP contribution is 2.42. The third-order valence-electron chi connectivity index (χ3n) is 5.02. The topological polar surface area (TPSA) is 99.1 Å². The van der Waals surface area contributed by atoms with Crippen molar-refractivity contribution in [2.75, 3.05) is 14.2 Å². The molecule has 2 aromatic carbocycles. The molecule has 2 aromatic rings. The standard InChI is InChI=1S/C22H26O7S/c1-12(2)8-16(23)15-6-7-18-19(20(15)28-5)22(24)29-11-14-9-13(3)10-17(27-4)21(14)30(18,25)26/h6-7,9-10,12,16,23H,8,11H2,1-5H3. The van der Waals surface area contributed by atoms with Crippen molar-refractivity contribution in [3.8, 4) is 11.5 Å². The second-order valence-electron chi connectivity index (χ2n) is 7.74. The zero-order valence-corrected chi connectivity index (χ0v) is 18.5. The van der Waals surface area contributed by atoms with E-state index in [4.69, 9.17) is 14.2 Å². The Morgan fingerprint density at radius 2 is 1.87 bits per heavy atom. The van der Waals surface area contributed by atoms with Crippen LogP contribution in [-0.4, -0.2) is 33.7 Å². The molecule has 30 heavy (non-hydrogen) atoms. The first-order valence-electron chi connectivity index (χ1n) is 9.60. The number of aryl methyl sites for hydroxylation is 1. The summed E-state index contributed by atoms with van der Waals surface area (Å²) < 4.78 is 43.4. The van der Waals surface area contributed by atoms with Crippen molar-refractivity contribution in [1.82, 2.24) is 0 Å². The Balaban J connectivity index is 2.33. The minimum Gasteiger partial charge on any atom is -0.495 e. The van der Waals surface area contributed by atoms with Crippen molar-refractivity contribution >= 4 is 15.8 Å². The quantitative estimate of drug-likeness (QED) is 0.718. The van der Waals surface area contributed by atoms with Gasteiger partial charge in [-0.25, -0.2) is 13.2 Å². The van der Waals surface area contributed by atoms with Crippen molar-refractivity contribution in [3.63, 3.8) is 0 Å². The molecule has 1 unspecified atom stereocenters. The molecular formula is C22H26O7S. The van der Waals surface area contributed by atoms with E-state index in [1.165, 1.54) is 26.4 Å². The fourth-order valence-electron chi connectivity index (χ4n) is 3.76. The predicted molar refractivity (Wildman–Crippen MR) is 110 cm³/mol. The number of cyclic esters (lactones) is 1. The summed E-state index contributed by atoms with van der Waals surface area (Å²) in [6, 6.07) is 6.09. The molecule has 8 heteroatoms. The largest absolute Gasteiger partial charge is 0.495 e. The number of benzene rings is 2. The van der Waals surface area contributed by atoms with Gasteiger partial charge in [0.2, 0.25) is 9.84 Å². The van der Waals surface area contributed by atoms with E-state index in [-0.39, 0.29) is 39.4 Å². The average molecular weight is 435 g/mol. The smallest absolute Gasteiger partial charge is 0.343 e. The first-order valence-corrected chi connectivity index (χ1v) is 11.1. The number of hydrogen-bond donors (Lipinski definition) is 1. The summed E-state index contributed by atoms with van der Waals surface area (Å²) in [4.78, 5) is 12.6. The van der Waals surface area contributed by atoms with Gasteiger partial charge in [0.15, 0.2) is 0 Å². The maximum Gasteiger partial charge on any atom is 0.343 e. The molecule has 0 amide bonds. The Hall–Kier alpha value is -2.58. The van der Waals surface area contributed by atoms with E-state index >= 15 is 0 Å². The Kier molecular flexibility index (Phi) is 6.10. The molecule has 0 spiro atoms. The van der Waals surface area contributed by atoms with Crippen LogP contribution in [-0.2, 0) is 21.2 Å². The van der Waals surface area contributed by atoms with Gasteiger partial charge < -0.3 is 19.3 Å². The summed E-state index contributed by atoms with van der Waals surface area (Å²) in [7, 11) is -1.42. The number of sulfone groups is 1. The van der Waals surface area contributed by atoms with Crippen LogP contribution in [0, 0.1) is 12.8 Å². The van der Waals surface area contributed by atoms with Crippen LogP contribution in [0.4, 0.5) is 0 Å². The molecule has 162 valence electrons.